The van der Waals surface area contributed by atoms with Gasteiger partial charge in [0.25, 0.3) is 5.91 Å². The van der Waals surface area contributed by atoms with Gasteiger partial charge in [-0.3, -0.25) is 4.79 Å². The minimum Gasteiger partial charge on any atom is -0.494 e. The van der Waals surface area contributed by atoms with Crippen LogP contribution in [0.25, 0.3) is 11.8 Å². The molecule has 0 radical (unpaired) electrons. The average molecular weight is 474 g/mol. The maximum absolute atomic E-state index is 12.6. The predicted molar refractivity (Wildman–Crippen MR) is 142 cm³/mol. The van der Waals surface area contributed by atoms with Gasteiger partial charge < -0.3 is 14.6 Å². The number of thioether (sulfide) groups is 1. The van der Waals surface area contributed by atoms with Crippen LogP contribution in [-0.4, -0.2) is 22.2 Å². The van der Waals surface area contributed by atoms with E-state index < -0.39 is 0 Å². The number of aromatic nitrogens is 1. The lowest BCUT2D eigenvalue weighted by Crippen LogP contribution is -2.19. The molecule has 2 heterocycles. The summed E-state index contributed by atoms with van der Waals surface area (Å²) in [7, 11) is 0. The van der Waals surface area contributed by atoms with Gasteiger partial charge in [0.05, 0.1) is 17.2 Å². The Morgan fingerprint density at radius 3 is 2.47 bits per heavy atom. The molecule has 0 unspecified atom stereocenters. The third-order valence-electron chi connectivity index (χ3n) is 5.80. The van der Waals surface area contributed by atoms with E-state index >= 15 is 0 Å². The summed E-state index contributed by atoms with van der Waals surface area (Å²) in [5, 5.41) is 3.46. The van der Waals surface area contributed by atoms with Crippen molar-refractivity contribution in [3.05, 3.63) is 82.0 Å². The molecule has 176 valence electrons. The SMILES string of the molecule is CCCCc1ccc(-n2c(C)cc(/C=C3/SC(=Nc4ccc(OCC)cc4)NC3=O)c2C)cc1. The molecule has 5 nitrogen and oxygen atoms in total. The minimum atomic E-state index is -0.125. The molecule has 4 rings (SSSR count). The van der Waals surface area contributed by atoms with Crippen LogP contribution in [0.4, 0.5) is 5.69 Å². The third-order valence-corrected chi connectivity index (χ3v) is 6.71. The molecule has 34 heavy (non-hydrogen) atoms. The van der Waals surface area contributed by atoms with Gasteiger partial charge in [0.2, 0.25) is 0 Å². The lowest BCUT2D eigenvalue weighted by molar-refractivity contribution is -0.115. The number of amides is 1. The molecule has 2 aromatic carbocycles. The molecular weight excluding hydrogens is 442 g/mol. The van der Waals surface area contributed by atoms with Gasteiger partial charge in [0.15, 0.2) is 5.17 Å². The summed E-state index contributed by atoms with van der Waals surface area (Å²) in [5.41, 5.74) is 6.56. The van der Waals surface area contributed by atoms with Crippen molar-refractivity contribution < 1.29 is 9.53 Å². The first-order valence-corrected chi connectivity index (χ1v) is 12.6. The average Bonchev–Trinajstić information content (AvgIpc) is 3.31. The fourth-order valence-electron chi connectivity index (χ4n) is 4.05. The van der Waals surface area contributed by atoms with E-state index in [9.17, 15) is 4.79 Å². The highest BCUT2D eigenvalue weighted by Crippen LogP contribution is 2.31. The number of hydrogen-bond acceptors (Lipinski definition) is 4. The highest BCUT2D eigenvalue weighted by atomic mass is 32.2. The molecule has 0 atom stereocenters. The van der Waals surface area contributed by atoms with E-state index in [0.717, 1.165) is 40.5 Å². The predicted octanol–water partition coefficient (Wildman–Crippen LogP) is 6.73. The fourth-order valence-corrected chi connectivity index (χ4v) is 4.88. The van der Waals surface area contributed by atoms with Gasteiger partial charge in [-0.05, 0) is 105 Å². The monoisotopic (exact) mass is 473 g/mol. The molecule has 1 aliphatic heterocycles. The number of rotatable bonds is 8. The Morgan fingerprint density at radius 2 is 1.79 bits per heavy atom. The standard InChI is InChI=1S/C28H31N3O2S/c1-5-7-8-21-9-13-24(14-10-21)31-19(3)17-22(20(31)4)18-26-27(32)30-28(34-26)29-23-11-15-25(16-12-23)33-6-2/h9-18H,5-8H2,1-4H3,(H,29,30,32)/b26-18+. The molecule has 1 N–H and O–H groups in total. The smallest absolute Gasteiger partial charge is 0.264 e. The highest BCUT2D eigenvalue weighted by Gasteiger charge is 2.24. The number of amidine groups is 1. The highest BCUT2D eigenvalue weighted by molar-refractivity contribution is 8.18. The molecule has 0 saturated carbocycles. The van der Waals surface area contributed by atoms with Gasteiger partial charge in [-0.15, -0.1) is 0 Å². The summed E-state index contributed by atoms with van der Waals surface area (Å²) in [6.07, 6.45) is 5.48. The summed E-state index contributed by atoms with van der Waals surface area (Å²) < 4.78 is 7.71. The Kier molecular flexibility index (Phi) is 7.58. The van der Waals surface area contributed by atoms with Gasteiger partial charge in [-0.2, -0.15) is 0 Å². The van der Waals surface area contributed by atoms with Crippen LogP contribution in [0.5, 0.6) is 5.75 Å². The third kappa shape index (κ3) is 5.45. The molecule has 0 bridgehead atoms. The second kappa shape index (κ2) is 10.8. The molecule has 1 aromatic heterocycles. The van der Waals surface area contributed by atoms with Crippen LogP contribution in [-0.2, 0) is 11.2 Å². The molecular formula is C28H31N3O2S. The molecule has 1 aliphatic rings. The number of aliphatic imine (C=N–C) groups is 1. The van der Waals surface area contributed by atoms with E-state index in [2.05, 4.69) is 66.0 Å². The van der Waals surface area contributed by atoms with Gasteiger partial charge in [-0.25, -0.2) is 4.99 Å². The Balaban J connectivity index is 1.53. The first kappa shape index (κ1) is 23.9. The van der Waals surface area contributed by atoms with Crippen LogP contribution in [0.2, 0.25) is 0 Å². The summed E-state index contributed by atoms with van der Waals surface area (Å²) in [6, 6.07) is 18.4. The number of carbonyl (C=O) groups is 1. The van der Waals surface area contributed by atoms with Crippen molar-refractivity contribution in [1.82, 2.24) is 9.88 Å². The quantitative estimate of drug-likeness (QED) is 0.369. The van der Waals surface area contributed by atoms with Crippen molar-refractivity contribution in [3.63, 3.8) is 0 Å². The number of nitrogens with one attached hydrogen (secondary N) is 1. The molecule has 1 amide bonds. The number of ether oxygens (including phenoxy) is 1. The number of hydrogen-bond donors (Lipinski definition) is 1. The molecule has 1 fully saturated rings. The Bertz CT molecular complexity index is 1220. The molecule has 6 heteroatoms. The normalized spacial score (nSPS) is 15.8. The van der Waals surface area contributed by atoms with Crippen molar-refractivity contribution in [1.29, 1.82) is 0 Å². The van der Waals surface area contributed by atoms with E-state index in [1.807, 2.05) is 37.3 Å². The molecule has 0 aliphatic carbocycles. The van der Waals surface area contributed by atoms with Crippen LogP contribution in [0.3, 0.4) is 0 Å². The van der Waals surface area contributed by atoms with Crippen LogP contribution in [0.1, 0.15) is 49.2 Å². The van der Waals surface area contributed by atoms with Gasteiger partial charge in [0, 0.05) is 17.1 Å². The number of unbranched alkanes of at least 4 members (excludes halogenated alkanes) is 1. The summed E-state index contributed by atoms with van der Waals surface area (Å²) in [5.74, 6) is 0.681. The van der Waals surface area contributed by atoms with Gasteiger partial charge in [0.1, 0.15) is 5.75 Å². The zero-order chi connectivity index (χ0) is 24.1. The van der Waals surface area contributed by atoms with Crippen molar-refractivity contribution in [2.75, 3.05) is 6.61 Å². The van der Waals surface area contributed by atoms with E-state index in [1.54, 1.807) is 0 Å². The van der Waals surface area contributed by atoms with E-state index in [0.29, 0.717) is 16.7 Å². The number of carbonyl (C=O) groups excluding carboxylic acids is 1. The molecule has 0 spiro atoms. The first-order chi connectivity index (χ1) is 16.5. The number of aryl methyl sites for hydroxylation is 2. The van der Waals surface area contributed by atoms with E-state index in [1.165, 1.54) is 30.2 Å². The maximum atomic E-state index is 12.6. The summed E-state index contributed by atoms with van der Waals surface area (Å²) >= 11 is 1.36. The van der Waals surface area contributed by atoms with Crippen molar-refractivity contribution >= 4 is 34.6 Å². The number of nitrogens with zero attached hydrogens (tertiary/aromatic N) is 2. The topological polar surface area (TPSA) is 55.6 Å². The summed E-state index contributed by atoms with van der Waals surface area (Å²) in [4.78, 5) is 17.8. The summed E-state index contributed by atoms with van der Waals surface area (Å²) in [6.45, 7) is 8.99. The van der Waals surface area contributed by atoms with Crippen LogP contribution in [0.15, 0.2) is 64.5 Å². The zero-order valence-corrected chi connectivity index (χ0v) is 21.0. The number of benzene rings is 2. The Hall–Kier alpha value is -3.25. The van der Waals surface area contributed by atoms with Crippen LogP contribution < -0.4 is 10.1 Å². The van der Waals surface area contributed by atoms with Crippen molar-refractivity contribution in [2.45, 2.75) is 47.0 Å². The second-order valence-corrected chi connectivity index (χ2v) is 9.37. The minimum absolute atomic E-state index is 0.125. The van der Waals surface area contributed by atoms with Crippen molar-refractivity contribution in [3.8, 4) is 11.4 Å². The zero-order valence-electron chi connectivity index (χ0n) is 20.2. The molecule has 3 aromatic rings. The van der Waals surface area contributed by atoms with E-state index in [-0.39, 0.29) is 5.91 Å². The largest absolute Gasteiger partial charge is 0.494 e. The fraction of sp³-hybridized carbons (Fsp3) is 0.286. The van der Waals surface area contributed by atoms with Crippen LogP contribution in [0, 0.1) is 13.8 Å². The van der Waals surface area contributed by atoms with E-state index in [4.69, 9.17) is 4.74 Å². The Labute approximate surface area is 205 Å². The van der Waals surface area contributed by atoms with Gasteiger partial charge >= 0.3 is 0 Å². The maximum Gasteiger partial charge on any atom is 0.264 e. The lowest BCUT2D eigenvalue weighted by Gasteiger charge is -2.11. The molecule has 1 saturated heterocycles. The first-order valence-electron chi connectivity index (χ1n) is 11.8. The van der Waals surface area contributed by atoms with Crippen molar-refractivity contribution in [2.24, 2.45) is 4.99 Å². The second-order valence-electron chi connectivity index (χ2n) is 8.34. The lowest BCUT2D eigenvalue weighted by atomic mass is 10.1. The van der Waals surface area contributed by atoms with Gasteiger partial charge in [-0.1, -0.05) is 25.5 Å². The Morgan fingerprint density at radius 1 is 1.06 bits per heavy atom. The van der Waals surface area contributed by atoms with Crippen LogP contribution >= 0.6 is 11.8 Å².